The van der Waals surface area contributed by atoms with Crippen molar-refractivity contribution in [1.29, 1.82) is 0 Å². The van der Waals surface area contributed by atoms with E-state index < -0.39 is 0 Å². The van der Waals surface area contributed by atoms with Crippen LogP contribution < -0.4 is 5.32 Å². The van der Waals surface area contributed by atoms with Crippen LogP contribution >= 0.6 is 0 Å². The predicted molar refractivity (Wildman–Crippen MR) is 89.5 cm³/mol. The number of benzene rings is 2. The van der Waals surface area contributed by atoms with Gasteiger partial charge < -0.3 is 5.32 Å². The van der Waals surface area contributed by atoms with Crippen LogP contribution in [0.4, 0.5) is 0 Å². The van der Waals surface area contributed by atoms with Gasteiger partial charge in [0.25, 0.3) is 0 Å². The summed E-state index contributed by atoms with van der Waals surface area (Å²) in [6.45, 7) is 4.42. The standard InChI is InChI=1S/C20H25N/c1-15-11-13-17(14-12-15)16(2)21-20-10-6-4-8-18-7-3-5-9-19(18)20/h3,5,7,9,11-14,16,20-21H,4,6,8,10H2,1-2H3/t16-,20?/m0/s1. The lowest BCUT2D eigenvalue weighted by Crippen LogP contribution is -2.25. The molecule has 1 heteroatoms. The molecule has 1 unspecified atom stereocenters. The van der Waals surface area contributed by atoms with Gasteiger partial charge in [0.05, 0.1) is 0 Å². The maximum atomic E-state index is 3.85. The van der Waals surface area contributed by atoms with E-state index in [1.54, 1.807) is 0 Å². The maximum absolute atomic E-state index is 3.85. The second kappa shape index (κ2) is 6.44. The molecular formula is C20H25N. The van der Waals surface area contributed by atoms with Gasteiger partial charge >= 0.3 is 0 Å². The van der Waals surface area contributed by atoms with E-state index in [4.69, 9.17) is 0 Å². The average Bonchev–Trinajstić information content (AvgIpc) is 2.71. The lowest BCUT2D eigenvalue weighted by molar-refractivity contribution is 0.437. The SMILES string of the molecule is Cc1ccc([C@H](C)NC2CCCCc3ccccc32)cc1. The van der Waals surface area contributed by atoms with E-state index in [0.717, 1.165) is 0 Å². The fraction of sp³-hybridized carbons (Fsp3) is 0.400. The van der Waals surface area contributed by atoms with Gasteiger partial charge in [-0.15, -0.1) is 0 Å². The van der Waals surface area contributed by atoms with E-state index >= 15 is 0 Å². The molecule has 0 heterocycles. The normalized spacial score (nSPS) is 19.6. The van der Waals surface area contributed by atoms with Crippen molar-refractivity contribution < 1.29 is 0 Å². The molecule has 1 aliphatic rings. The van der Waals surface area contributed by atoms with Crippen molar-refractivity contribution in [3.63, 3.8) is 0 Å². The largest absolute Gasteiger partial charge is 0.303 e. The monoisotopic (exact) mass is 279 g/mol. The van der Waals surface area contributed by atoms with Crippen LogP contribution in [0.25, 0.3) is 0 Å². The molecule has 3 rings (SSSR count). The highest BCUT2D eigenvalue weighted by Crippen LogP contribution is 2.30. The Hall–Kier alpha value is -1.60. The molecule has 0 radical (unpaired) electrons. The molecule has 0 fully saturated rings. The first-order valence-electron chi connectivity index (χ1n) is 8.14. The van der Waals surface area contributed by atoms with Gasteiger partial charge in [-0.05, 0) is 49.8 Å². The minimum Gasteiger partial charge on any atom is -0.303 e. The van der Waals surface area contributed by atoms with Gasteiger partial charge in [0.1, 0.15) is 0 Å². The van der Waals surface area contributed by atoms with Gasteiger partial charge in [-0.2, -0.15) is 0 Å². The van der Waals surface area contributed by atoms with Crippen LogP contribution in [0.5, 0.6) is 0 Å². The number of hydrogen-bond donors (Lipinski definition) is 1. The van der Waals surface area contributed by atoms with Crippen LogP contribution in [0.2, 0.25) is 0 Å². The van der Waals surface area contributed by atoms with Crippen molar-refractivity contribution in [1.82, 2.24) is 5.32 Å². The summed E-state index contributed by atoms with van der Waals surface area (Å²) in [7, 11) is 0. The van der Waals surface area contributed by atoms with Crippen LogP contribution in [0.1, 0.15) is 60.5 Å². The van der Waals surface area contributed by atoms with Crippen molar-refractivity contribution >= 4 is 0 Å². The summed E-state index contributed by atoms with van der Waals surface area (Å²) in [5.74, 6) is 0. The van der Waals surface area contributed by atoms with Gasteiger partial charge in [-0.25, -0.2) is 0 Å². The van der Waals surface area contributed by atoms with Crippen molar-refractivity contribution in [2.24, 2.45) is 0 Å². The summed E-state index contributed by atoms with van der Waals surface area (Å²) in [6, 6.07) is 18.7. The highest BCUT2D eigenvalue weighted by atomic mass is 14.9. The summed E-state index contributed by atoms with van der Waals surface area (Å²) in [5.41, 5.74) is 5.74. The first-order chi connectivity index (χ1) is 10.2. The zero-order valence-corrected chi connectivity index (χ0v) is 13.1. The first kappa shape index (κ1) is 14.3. The number of fused-ring (bicyclic) bond motifs is 1. The fourth-order valence-electron chi connectivity index (χ4n) is 3.35. The molecule has 21 heavy (non-hydrogen) atoms. The molecular weight excluding hydrogens is 254 g/mol. The van der Waals surface area contributed by atoms with E-state index in [0.29, 0.717) is 12.1 Å². The molecule has 110 valence electrons. The average molecular weight is 279 g/mol. The summed E-state index contributed by atoms with van der Waals surface area (Å²) >= 11 is 0. The molecule has 0 spiro atoms. The third kappa shape index (κ3) is 3.36. The minimum absolute atomic E-state index is 0.391. The predicted octanol–water partition coefficient (Wildman–Crippen LogP) is 5.11. The van der Waals surface area contributed by atoms with E-state index in [2.05, 4.69) is 67.7 Å². The minimum atomic E-state index is 0.391. The highest BCUT2D eigenvalue weighted by Gasteiger charge is 2.20. The molecule has 0 aromatic heterocycles. The number of nitrogens with one attached hydrogen (secondary N) is 1. The Morgan fingerprint density at radius 3 is 2.57 bits per heavy atom. The zero-order valence-electron chi connectivity index (χ0n) is 13.1. The van der Waals surface area contributed by atoms with E-state index in [9.17, 15) is 0 Å². The third-order valence-electron chi connectivity index (χ3n) is 4.65. The van der Waals surface area contributed by atoms with Gasteiger partial charge in [0.15, 0.2) is 0 Å². The Kier molecular flexibility index (Phi) is 4.40. The lowest BCUT2D eigenvalue weighted by Gasteiger charge is -2.24. The van der Waals surface area contributed by atoms with Gasteiger partial charge in [0, 0.05) is 12.1 Å². The molecule has 2 atom stereocenters. The summed E-state index contributed by atoms with van der Waals surface area (Å²) in [5, 5.41) is 3.85. The van der Waals surface area contributed by atoms with Crippen LogP contribution in [-0.2, 0) is 6.42 Å². The van der Waals surface area contributed by atoms with E-state index in [1.165, 1.54) is 47.9 Å². The molecule has 0 saturated carbocycles. The van der Waals surface area contributed by atoms with Crippen LogP contribution in [-0.4, -0.2) is 0 Å². The quantitative estimate of drug-likeness (QED) is 0.769. The van der Waals surface area contributed by atoms with E-state index in [1.807, 2.05) is 0 Å². The van der Waals surface area contributed by atoms with Crippen LogP contribution in [0, 0.1) is 6.92 Å². The fourth-order valence-corrected chi connectivity index (χ4v) is 3.35. The number of hydrogen-bond acceptors (Lipinski definition) is 1. The Morgan fingerprint density at radius 1 is 1.00 bits per heavy atom. The van der Waals surface area contributed by atoms with Gasteiger partial charge in [-0.3, -0.25) is 0 Å². The Morgan fingerprint density at radius 2 is 1.76 bits per heavy atom. The maximum Gasteiger partial charge on any atom is 0.0328 e. The van der Waals surface area contributed by atoms with Gasteiger partial charge in [0.2, 0.25) is 0 Å². The second-order valence-corrected chi connectivity index (χ2v) is 6.30. The van der Waals surface area contributed by atoms with E-state index in [-0.39, 0.29) is 0 Å². The Labute approximate surface area is 128 Å². The molecule has 2 aromatic rings. The molecule has 2 aromatic carbocycles. The Balaban J connectivity index is 1.79. The molecule has 1 aliphatic carbocycles. The lowest BCUT2D eigenvalue weighted by atomic mass is 9.97. The molecule has 1 N–H and O–H groups in total. The van der Waals surface area contributed by atoms with Gasteiger partial charge in [-0.1, -0.05) is 60.5 Å². The summed E-state index contributed by atoms with van der Waals surface area (Å²) in [6.07, 6.45) is 5.10. The molecule has 0 aliphatic heterocycles. The second-order valence-electron chi connectivity index (χ2n) is 6.30. The topological polar surface area (TPSA) is 12.0 Å². The Bertz CT molecular complexity index is 585. The summed E-state index contributed by atoms with van der Waals surface area (Å²) < 4.78 is 0. The van der Waals surface area contributed by atoms with Crippen molar-refractivity contribution in [3.8, 4) is 0 Å². The smallest absolute Gasteiger partial charge is 0.0328 e. The number of rotatable bonds is 3. The zero-order chi connectivity index (χ0) is 14.7. The first-order valence-corrected chi connectivity index (χ1v) is 8.14. The molecule has 0 bridgehead atoms. The van der Waals surface area contributed by atoms with Crippen molar-refractivity contribution in [3.05, 3.63) is 70.8 Å². The van der Waals surface area contributed by atoms with Crippen LogP contribution in [0.15, 0.2) is 48.5 Å². The molecule has 1 nitrogen and oxygen atoms in total. The number of aryl methyl sites for hydroxylation is 2. The highest BCUT2D eigenvalue weighted by molar-refractivity contribution is 5.32. The molecule has 0 amide bonds. The summed E-state index contributed by atoms with van der Waals surface area (Å²) in [4.78, 5) is 0. The third-order valence-corrected chi connectivity index (χ3v) is 4.65. The van der Waals surface area contributed by atoms with Crippen molar-refractivity contribution in [2.45, 2.75) is 51.6 Å². The van der Waals surface area contributed by atoms with Crippen molar-refractivity contribution in [2.75, 3.05) is 0 Å². The van der Waals surface area contributed by atoms with Crippen LogP contribution in [0.3, 0.4) is 0 Å². The molecule has 0 saturated heterocycles.